The highest BCUT2D eigenvalue weighted by molar-refractivity contribution is 6.30. The molecule has 0 spiro atoms. The van der Waals surface area contributed by atoms with Crippen molar-refractivity contribution in [2.45, 2.75) is 38.8 Å². The summed E-state index contributed by atoms with van der Waals surface area (Å²) in [4.78, 5) is 12.3. The molecule has 0 saturated carbocycles. The van der Waals surface area contributed by atoms with Crippen molar-refractivity contribution in [1.29, 1.82) is 0 Å². The van der Waals surface area contributed by atoms with Crippen molar-refractivity contribution in [3.8, 4) is 0 Å². The number of hydrogen-bond donors (Lipinski definition) is 1. The standard InChI is InChI=1S/C15H19ClN4O/c1-9-11(15(16)19(2)18-9)8-20-13-5-3-4-12(17)10(13)6-7-14(20)21/h6-7,12H,3-5,8,17H2,1-2H3. The van der Waals surface area contributed by atoms with Crippen molar-refractivity contribution in [1.82, 2.24) is 14.3 Å². The summed E-state index contributed by atoms with van der Waals surface area (Å²) < 4.78 is 3.43. The van der Waals surface area contributed by atoms with Gasteiger partial charge in [-0.15, -0.1) is 0 Å². The molecule has 112 valence electrons. The van der Waals surface area contributed by atoms with E-state index in [1.54, 1.807) is 22.4 Å². The molecule has 0 radical (unpaired) electrons. The van der Waals surface area contributed by atoms with E-state index in [0.29, 0.717) is 11.7 Å². The number of aryl methyl sites for hydroxylation is 2. The van der Waals surface area contributed by atoms with E-state index in [1.165, 1.54) is 0 Å². The zero-order chi connectivity index (χ0) is 15.1. The fourth-order valence-corrected chi connectivity index (χ4v) is 3.32. The first-order valence-corrected chi connectivity index (χ1v) is 7.53. The fourth-order valence-electron chi connectivity index (χ4n) is 3.08. The Balaban J connectivity index is 2.11. The van der Waals surface area contributed by atoms with Crippen molar-refractivity contribution in [3.05, 3.63) is 50.2 Å². The van der Waals surface area contributed by atoms with E-state index < -0.39 is 0 Å². The summed E-state index contributed by atoms with van der Waals surface area (Å²) in [5, 5.41) is 4.89. The van der Waals surface area contributed by atoms with Gasteiger partial charge in [0.2, 0.25) is 0 Å². The van der Waals surface area contributed by atoms with Gasteiger partial charge in [0.15, 0.2) is 0 Å². The Bertz CT molecular complexity index is 747. The average Bonchev–Trinajstić information content (AvgIpc) is 2.68. The average molecular weight is 307 g/mol. The Morgan fingerprint density at radius 3 is 2.90 bits per heavy atom. The highest BCUT2D eigenvalue weighted by Gasteiger charge is 2.21. The third kappa shape index (κ3) is 2.40. The molecule has 21 heavy (non-hydrogen) atoms. The van der Waals surface area contributed by atoms with E-state index >= 15 is 0 Å². The molecule has 3 rings (SSSR count). The number of pyridine rings is 1. The van der Waals surface area contributed by atoms with E-state index in [2.05, 4.69) is 5.10 Å². The molecular weight excluding hydrogens is 288 g/mol. The van der Waals surface area contributed by atoms with Crippen LogP contribution in [0.15, 0.2) is 16.9 Å². The third-order valence-electron chi connectivity index (χ3n) is 4.24. The van der Waals surface area contributed by atoms with Crippen LogP contribution in [0.5, 0.6) is 0 Å². The molecule has 0 bridgehead atoms. The minimum atomic E-state index is -0.0119. The lowest BCUT2D eigenvalue weighted by atomic mass is 9.91. The predicted octanol–water partition coefficient (Wildman–Crippen LogP) is 1.93. The number of hydrogen-bond acceptors (Lipinski definition) is 3. The lowest BCUT2D eigenvalue weighted by molar-refractivity contribution is 0.529. The Hall–Kier alpha value is -1.59. The summed E-state index contributed by atoms with van der Waals surface area (Å²) >= 11 is 6.29. The van der Waals surface area contributed by atoms with E-state index in [4.69, 9.17) is 17.3 Å². The van der Waals surface area contributed by atoms with Crippen LogP contribution < -0.4 is 11.3 Å². The summed E-state index contributed by atoms with van der Waals surface area (Å²) in [6, 6.07) is 3.49. The van der Waals surface area contributed by atoms with Crippen molar-refractivity contribution in [2.24, 2.45) is 12.8 Å². The molecular formula is C15H19ClN4O. The van der Waals surface area contributed by atoms with Crippen LogP contribution in [0, 0.1) is 6.92 Å². The molecule has 6 heteroatoms. The molecule has 2 aromatic heterocycles. The first-order chi connectivity index (χ1) is 9.99. The fraction of sp³-hybridized carbons (Fsp3) is 0.467. The molecule has 1 aliphatic carbocycles. The highest BCUT2D eigenvalue weighted by Crippen LogP contribution is 2.28. The van der Waals surface area contributed by atoms with Gasteiger partial charge in [-0.3, -0.25) is 9.48 Å². The van der Waals surface area contributed by atoms with Gasteiger partial charge >= 0.3 is 0 Å². The van der Waals surface area contributed by atoms with Crippen molar-refractivity contribution >= 4 is 11.6 Å². The molecule has 2 aromatic rings. The number of nitrogens with zero attached hydrogens (tertiary/aromatic N) is 3. The van der Waals surface area contributed by atoms with E-state index in [0.717, 1.165) is 41.8 Å². The second kappa shape index (κ2) is 5.31. The minimum Gasteiger partial charge on any atom is -0.324 e. The van der Waals surface area contributed by atoms with Crippen LogP contribution in [0.25, 0.3) is 0 Å². The highest BCUT2D eigenvalue weighted by atomic mass is 35.5. The zero-order valence-electron chi connectivity index (χ0n) is 12.3. The van der Waals surface area contributed by atoms with Crippen LogP contribution in [0.2, 0.25) is 5.15 Å². The summed E-state index contributed by atoms with van der Waals surface area (Å²) in [6.45, 7) is 2.36. The SMILES string of the molecule is Cc1nn(C)c(Cl)c1Cn1c2c(ccc1=O)C(N)CCC2. The van der Waals surface area contributed by atoms with E-state index in [-0.39, 0.29) is 11.6 Å². The number of aromatic nitrogens is 3. The van der Waals surface area contributed by atoms with Gasteiger partial charge in [-0.25, -0.2) is 0 Å². The molecule has 0 aliphatic heterocycles. The van der Waals surface area contributed by atoms with Crippen LogP contribution in [0.3, 0.4) is 0 Å². The van der Waals surface area contributed by atoms with Crippen LogP contribution in [-0.2, 0) is 20.0 Å². The van der Waals surface area contributed by atoms with Gasteiger partial charge in [-0.2, -0.15) is 5.10 Å². The maximum Gasteiger partial charge on any atom is 0.251 e. The lowest BCUT2D eigenvalue weighted by Gasteiger charge is -2.25. The molecule has 2 heterocycles. The first-order valence-electron chi connectivity index (χ1n) is 7.15. The second-order valence-electron chi connectivity index (χ2n) is 5.64. The largest absolute Gasteiger partial charge is 0.324 e. The summed E-state index contributed by atoms with van der Waals surface area (Å²) in [5.74, 6) is 0. The van der Waals surface area contributed by atoms with E-state index in [1.807, 2.05) is 13.0 Å². The van der Waals surface area contributed by atoms with Crippen molar-refractivity contribution < 1.29 is 0 Å². The molecule has 1 atom stereocenters. The smallest absolute Gasteiger partial charge is 0.251 e. The Labute approximate surface area is 128 Å². The Morgan fingerprint density at radius 2 is 2.24 bits per heavy atom. The van der Waals surface area contributed by atoms with Gasteiger partial charge in [0.25, 0.3) is 5.56 Å². The number of halogens is 1. The predicted molar refractivity (Wildman–Crippen MR) is 82.6 cm³/mol. The lowest BCUT2D eigenvalue weighted by Crippen LogP contribution is -2.29. The number of nitrogens with two attached hydrogens (primary N) is 1. The van der Waals surface area contributed by atoms with Crippen molar-refractivity contribution in [2.75, 3.05) is 0 Å². The summed E-state index contributed by atoms with van der Waals surface area (Å²) in [7, 11) is 1.80. The monoisotopic (exact) mass is 306 g/mol. The number of fused-ring (bicyclic) bond motifs is 1. The Morgan fingerprint density at radius 1 is 1.48 bits per heavy atom. The van der Waals surface area contributed by atoms with Gasteiger partial charge in [0.1, 0.15) is 5.15 Å². The third-order valence-corrected chi connectivity index (χ3v) is 4.72. The molecule has 0 aromatic carbocycles. The summed E-state index contributed by atoms with van der Waals surface area (Å²) in [5.41, 5.74) is 10.0. The van der Waals surface area contributed by atoms with Crippen molar-refractivity contribution in [3.63, 3.8) is 0 Å². The van der Waals surface area contributed by atoms with Gasteiger partial charge in [-0.1, -0.05) is 17.7 Å². The van der Waals surface area contributed by atoms with Crippen LogP contribution in [-0.4, -0.2) is 14.3 Å². The van der Waals surface area contributed by atoms with Gasteiger partial charge in [0.05, 0.1) is 12.2 Å². The van der Waals surface area contributed by atoms with Crippen LogP contribution in [0.4, 0.5) is 0 Å². The minimum absolute atomic E-state index is 0.0119. The van der Waals surface area contributed by atoms with Crippen LogP contribution >= 0.6 is 11.6 Å². The van der Waals surface area contributed by atoms with Crippen LogP contribution in [0.1, 0.15) is 41.4 Å². The maximum atomic E-state index is 12.3. The molecule has 2 N–H and O–H groups in total. The summed E-state index contributed by atoms with van der Waals surface area (Å²) in [6.07, 6.45) is 2.87. The second-order valence-corrected chi connectivity index (χ2v) is 5.99. The molecule has 5 nitrogen and oxygen atoms in total. The van der Waals surface area contributed by atoms with Gasteiger partial charge in [0, 0.05) is 30.4 Å². The first kappa shape index (κ1) is 14.4. The van der Waals surface area contributed by atoms with E-state index in [9.17, 15) is 4.79 Å². The molecule has 0 amide bonds. The van der Waals surface area contributed by atoms with Gasteiger partial charge < -0.3 is 10.3 Å². The zero-order valence-corrected chi connectivity index (χ0v) is 13.0. The maximum absolute atomic E-state index is 12.3. The quantitative estimate of drug-likeness (QED) is 0.922. The molecule has 1 aliphatic rings. The number of rotatable bonds is 2. The van der Waals surface area contributed by atoms with Gasteiger partial charge in [-0.05, 0) is 31.7 Å². The topological polar surface area (TPSA) is 65.8 Å². The molecule has 0 saturated heterocycles. The Kier molecular flexibility index (Phi) is 3.63. The normalized spacial score (nSPS) is 17.8. The molecule has 0 fully saturated rings. The molecule has 1 unspecified atom stereocenters.